The van der Waals surface area contributed by atoms with Crippen molar-refractivity contribution in [3.8, 4) is 0 Å². The first-order chi connectivity index (χ1) is 21.6. The fourth-order valence-corrected chi connectivity index (χ4v) is 5.91. The fourth-order valence-electron chi connectivity index (χ4n) is 5.91. The number of nitro groups is 1. The number of nitrogens with one attached hydrogen (secondary N) is 2. The molecule has 3 aromatic rings. The number of non-ortho nitro benzene ring substituents is 1. The van der Waals surface area contributed by atoms with Crippen molar-refractivity contribution < 1.29 is 29.2 Å². The number of rotatable bonds is 9. The lowest BCUT2D eigenvalue weighted by Crippen LogP contribution is -2.59. The number of likely N-dealkylation sites (tertiary alicyclic amines) is 1. The molecule has 0 bridgehead atoms. The number of piperidine rings is 1. The van der Waals surface area contributed by atoms with Crippen LogP contribution in [0.25, 0.3) is 0 Å². The highest BCUT2D eigenvalue weighted by Crippen LogP contribution is 2.40. The molecule has 0 saturated carbocycles. The van der Waals surface area contributed by atoms with Gasteiger partial charge in [0.1, 0.15) is 11.6 Å². The van der Waals surface area contributed by atoms with Crippen molar-refractivity contribution in [3.05, 3.63) is 106 Å². The van der Waals surface area contributed by atoms with Crippen LogP contribution in [0.3, 0.4) is 0 Å². The lowest BCUT2D eigenvalue weighted by atomic mass is 9.85. The van der Waals surface area contributed by atoms with Gasteiger partial charge in [-0.1, -0.05) is 54.6 Å². The molecular formula is C32H34N6O7. The van der Waals surface area contributed by atoms with E-state index in [4.69, 9.17) is 0 Å². The predicted molar refractivity (Wildman–Crippen MR) is 164 cm³/mol. The number of carbonyl (C=O) groups is 4. The summed E-state index contributed by atoms with van der Waals surface area (Å²) in [5.74, 6) is -2.18. The van der Waals surface area contributed by atoms with E-state index >= 15 is 0 Å². The Labute approximate surface area is 259 Å². The summed E-state index contributed by atoms with van der Waals surface area (Å²) in [5, 5.41) is 25.8. The summed E-state index contributed by atoms with van der Waals surface area (Å²) in [6.45, 7) is 2.57. The van der Waals surface area contributed by atoms with Crippen molar-refractivity contribution >= 4 is 35.2 Å². The van der Waals surface area contributed by atoms with Crippen molar-refractivity contribution in [2.45, 2.75) is 37.9 Å². The highest BCUT2D eigenvalue weighted by molar-refractivity contribution is 5.98. The molecule has 2 saturated heterocycles. The Balaban J connectivity index is 1.23. The summed E-state index contributed by atoms with van der Waals surface area (Å²) < 4.78 is 0. The fraction of sp³-hybridized carbons (Fsp3) is 0.312. The molecule has 2 heterocycles. The molecule has 1 atom stereocenters. The van der Waals surface area contributed by atoms with Crippen molar-refractivity contribution in [1.82, 2.24) is 20.4 Å². The number of carboxylic acids is 1. The van der Waals surface area contributed by atoms with E-state index in [0.29, 0.717) is 31.6 Å². The second kappa shape index (κ2) is 13.0. The van der Waals surface area contributed by atoms with Crippen LogP contribution in [-0.4, -0.2) is 81.5 Å². The third kappa shape index (κ3) is 6.56. The van der Waals surface area contributed by atoms with Gasteiger partial charge < -0.3 is 30.4 Å². The number of nitrogens with zero attached hydrogens (tertiary/aromatic N) is 4. The minimum Gasteiger partial charge on any atom is -0.480 e. The molecule has 45 heavy (non-hydrogen) atoms. The van der Waals surface area contributed by atoms with Gasteiger partial charge in [0.2, 0.25) is 5.91 Å². The highest BCUT2D eigenvalue weighted by Gasteiger charge is 2.54. The third-order valence-corrected chi connectivity index (χ3v) is 8.41. The van der Waals surface area contributed by atoms with Gasteiger partial charge in [0.05, 0.1) is 18.1 Å². The normalized spacial score (nSPS) is 16.4. The van der Waals surface area contributed by atoms with Gasteiger partial charge in [-0.2, -0.15) is 0 Å². The molecule has 1 unspecified atom stereocenters. The molecule has 234 valence electrons. The molecule has 13 heteroatoms. The number of benzene rings is 3. The zero-order valence-electron chi connectivity index (χ0n) is 24.7. The average Bonchev–Trinajstić information content (AvgIpc) is 3.30. The minimum absolute atomic E-state index is 0.000333. The largest absolute Gasteiger partial charge is 0.480 e. The van der Waals surface area contributed by atoms with E-state index in [1.54, 1.807) is 6.92 Å². The van der Waals surface area contributed by atoms with E-state index in [0.717, 1.165) is 17.3 Å². The maximum atomic E-state index is 14.0. The van der Waals surface area contributed by atoms with Crippen molar-refractivity contribution in [3.63, 3.8) is 0 Å². The maximum Gasteiger partial charge on any atom is 0.328 e. The van der Waals surface area contributed by atoms with Crippen LogP contribution in [0, 0.1) is 17.0 Å². The Morgan fingerprint density at radius 2 is 1.64 bits per heavy atom. The van der Waals surface area contributed by atoms with Crippen LogP contribution in [-0.2, 0) is 16.1 Å². The monoisotopic (exact) mass is 614 g/mol. The summed E-state index contributed by atoms with van der Waals surface area (Å²) >= 11 is 0. The van der Waals surface area contributed by atoms with E-state index in [1.807, 2.05) is 65.6 Å². The molecule has 3 aromatic carbocycles. The van der Waals surface area contributed by atoms with Gasteiger partial charge in [-0.25, -0.2) is 9.59 Å². The Morgan fingerprint density at radius 3 is 2.27 bits per heavy atom. The van der Waals surface area contributed by atoms with E-state index in [9.17, 15) is 34.4 Å². The highest BCUT2D eigenvalue weighted by atomic mass is 16.6. The topological polar surface area (TPSA) is 165 Å². The quantitative estimate of drug-likeness (QED) is 0.244. The number of amides is 4. The lowest BCUT2D eigenvalue weighted by Gasteiger charge is -2.43. The number of aliphatic carboxylic acids is 1. The number of para-hydroxylation sites is 1. The SMILES string of the molecule is Cc1ccc([N+](=O)[O-])cc1C(=O)NC(CNC(=O)N1CCC2(CC1)C(=O)N(Cc1ccccc1)CN2c1ccccc1)C(=O)O. The Hall–Kier alpha value is -5.46. The standard InChI is InChI=1S/C32H34N6O7/c1-22-12-13-25(38(44)45)18-26(22)28(39)34-27(29(40)41)19-33-31(43)35-16-14-32(15-17-35)30(42)36(20-23-8-4-2-5-9-23)21-37(32)24-10-6-3-7-11-24/h2-13,18,27H,14-17,19-21H2,1H3,(H,33,43)(H,34,39)(H,40,41). The number of aryl methyl sites for hydroxylation is 1. The number of hydrogen-bond acceptors (Lipinski definition) is 7. The lowest BCUT2D eigenvalue weighted by molar-refractivity contribution is -0.384. The van der Waals surface area contributed by atoms with Crippen molar-refractivity contribution in [2.24, 2.45) is 0 Å². The summed E-state index contributed by atoms with van der Waals surface area (Å²) in [7, 11) is 0. The van der Waals surface area contributed by atoms with Crippen LogP contribution in [0.5, 0.6) is 0 Å². The maximum absolute atomic E-state index is 14.0. The van der Waals surface area contributed by atoms with Gasteiger partial charge in [0.25, 0.3) is 11.6 Å². The molecule has 0 aliphatic carbocycles. The molecule has 3 N–H and O–H groups in total. The summed E-state index contributed by atoms with van der Waals surface area (Å²) in [6.07, 6.45) is 0.759. The van der Waals surface area contributed by atoms with Crippen LogP contribution < -0.4 is 15.5 Å². The summed E-state index contributed by atoms with van der Waals surface area (Å²) in [4.78, 5) is 67.8. The molecule has 4 amide bonds. The van der Waals surface area contributed by atoms with E-state index in [-0.39, 0.29) is 30.2 Å². The van der Waals surface area contributed by atoms with E-state index in [1.165, 1.54) is 17.0 Å². The van der Waals surface area contributed by atoms with E-state index in [2.05, 4.69) is 15.5 Å². The van der Waals surface area contributed by atoms with Gasteiger partial charge in [0, 0.05) is 43.0 Å². The molecule has 0 aromatic heterocycles. The smallest absolute Gasteiger partial charge is 0.328 e. The van der Waals surface area contributed by atoms with Crippen LogP contribution in [0.15, 0.2) is 78.9 Å². The van der Waals surface area contributed by atoms with Crippen LogP contribution >= 0.6 is 0 Å². The van der Waals surface area contributed by atoms with Crippen LogP contribution in [0.4, 0.5) is 16.2 Å². The summed E-state index contributed by atoms with van der Waals surface area (Å²) in [5.41, 5.74) is 1.20. The first kappa shape index (κ1) is 31.0. The van der Waals surface area contributed by atoms with Gasteiger partial charge >= 0.3 is 12.0 Å². The Morgan fingerprint density at radius 1 is 1.00 bits per heavy atom. The molecule has 13 nitrogen and oxygen atoms in total. The Kier molecular flexibility index (Phi) is 8.98. The average molecular weight is 615 g/mol. The minimum atomic E-state index is -1.48. The van der Waals surface area contributed by atoms with Gasteiger partial charge in [0.15, 0.2) is 0 Å². The second-order valence-electron chi connectivity index (χ2n) is 11.2. The number of hydrogen-bond donors (Lipinski definition) is 3. The molecule has 2 aliphatic rings. The number of carbonyl (C=O) groups excluding carboxylic acids is 3. The molecule has 2 aliphatic heterocycles. The molecule has 1 spiro atoms. The Bertz CT molecular complexity index is 1590. The van der Waals surface area contributed by atoms with Gasteiger partial charge in [-0.15, -0.1) is 0 Å². The summed E-state index contributed by atoms with van der Waals surface area (Å²) in [6, 6.07) is 21.2. The third-order valence-electron chi connectivity index (χ3n) is 8.41. The zero-order valence-corrected chi connectivity index (χ0v) is 24.7. The van der Waals surface area contributed by atoms with E-state index < -0.39 is 41.0 Å². The number of nitro benzene ring substituents is 1. The zero-order chi connectivity index (χ0) is 32.1. The second-order valence-corrected chi connectivity index (χ2v) is 11.2. The molecular weight excluding hydrogens is 580 g/mol. The molecule has 2 fully saturated rings. The number of anilines is 1. The number of urea groups is 1. The predicted octanol–water partition coefficient (Wildman–Crippen LogP) is 3.14. The first-order valence-corrected chi connectivity index (χ1v) is 14.6. The van der Waals surface area contributed by atoms with Crippen LogP contribution in [0.2, 0.25) is 0 Å². The van der Waals surface area contributed by atoms with Crippen molar-refractivity contribution in [1.29, 1.82) is 0 Å². The van der Waals surface area contributed by atoms with Gasteiger partial charge in [-0.05, 0) is 43.0 Å². The molecule has 5 rings (SSSR count). The van der Waals surface area contributed by atoms with Gasteiger partial charge in [-0.3, -0.25) is 19.7 Å². The van der Waals surface area contributed by atoms with Crippen molar-refractivity contribution in [2.75, 3.05) is 31.2 Å². The first-order valence-electron chi connectivity index (χ1n) is 14.6. The number of carboxylic acid groups (broad SMARTS) is 1. The molecule has 0 radical (unpaired) electrons. The van der Waals surface area contributed by atoms with Crippen LogP contribution in [0.1, 0.15) is 34.3 Å².